The van der Waals surface area contributed by atoms with Gasteiger partial charge in [-0.2, -0.15) is 0 Å². The Hall–Kier alpha value is -5.33. The van der Waals surface area contributed by atoms with Crippen molar-refractivity contribution < 1.29 is 0 Å². The molecular weight excluding hydrogens is 641 g/mol. The van der Waals surface area contributed by atoms with Crippen LogP contribution >= 0.6 is 34.0 Å². The number of rotatable bonds is 5. The van der Waals surface area contributed by atoms with E-state index in [1.165, 1.54) is 61.9 Å². The second-order valence-corrected chi connectivity index (χ2v) is 15.1. The minimum Gasteiger partial charge on any atom is -0.310 e. The van der Waals surface area contributed by atoms with E-state index in [4.69, 9.17) is 4.98 Å². The molecule has 48 heavy (non-hydrogen) atoms. The van der Waals surface area contributed by atoms with E-state index in [0.29, 0.717) is 0 Å². The summed E-state index contributed by atoms with van der Waals surface area (Å²) in [6, 6.07) is 57.1. The van der Waals surface area contributed by atoms with Gasteiger partial charge in [0.25, 0.3) is 0 Å². The van der Waals surface area contributed by atoms with Gasteiger partial charge in [0.15, 0.2) is 0 Å². The summed E-state index contributed by atoms with van der Waals surface area (Å²) in [6.45, 7) is 0. The molecule has 0 spiro atoms. The van der Waals surface area contributed by atoms with Crippen LogP contribution in [0.1, 0.15) is 0 Å². The number of hydrogen-bond acceptors (Lipinski definition) is 5. The molecule has 3 heterocycles. The molecular formula is C43H26N2S3. The van der Waals surface area contributed by atoms with E-state index in [2.05, 4.69) is 163 Å². The second kappa shape index (κ2) is 11.1. The van der Waals surface area contributed by atoms with Crippen molar-refractivity contribution in [3.05, 3.63) is 158 Å². The van der Waals surface area contributed by atoms with Gasteiger partial charge in [-0.25, -0.2) is 4.98 Å². The maximum Gasteiger partial charge on any atom is 0.124 e. The van der Waals surface area contributed by atoms with Crippen molar-refractivity contribution in [2.75, 3.05) is 4.90 Å². The predicted molar refractivity (Wildman–Crippen MR) is 211 cm³/mol. The molecule has 3 aromatic heterocycles. The number of nitrogens with zero attached hydrogens (tertiary/aromatic N) is 2. The first-order valence-electron chi connectivity index (χ1n) is 16.0. The van der Waals surface area contributed by atoms with Crippen LogP contribution in [0.25, 0.3) is 72.3 Å². The number of aromatic nitrogens is 1. The molecule has 0 N–H and O–H groups in total. The minimum atomic E-state index is 1.06. The highest BCUT2D eigenvalue weighted by molar-refractivity contribution is 7.27. The van der Waals surface area contributed by atoms with Gasteiger partial charge in [-0.1, -0.05) is 97.1 Å². The molecule has 5 heteroatoms. The Morgan fingerprint density at radius 3 is 1.81 bits per heavy atom. The molecule has 10 rings (SSSR count). The molecule has 0 radical (unpaired) electrons. The zero-order valence-corrected chi connectivity index (χ0v) is 28.1. The van der Waals surface area contributed by atoms with Gasteiger partial charge in [-0.3, -0.25) is 0 Å². The molecule has 226 valence electrons. The number of fused-ring (bicyclic) bond motifs is 8. The predicted octanol–water partition coefficient (Wildman–Crippen LogP) is 13.8. The molecule has 10 aromatic rings. The summed E-state index contributed by atoms with van der Waals surface area (Å²) in [4.78, 5) is 7.68. The van der Waals surface area contributed by atoms with Crippen LogP contribution in [0.5, 0.6) is 0 Å². The third-order valence-electron chi connectivity index (χ3n) is 9.11. The Labute approximate surface area is 289 Å². The van der Waals surface area contributed by atoms with Crippen molar-refractivity contribution in [1.82, 2.24) is 4.98 Å². The summed E-state index contributed by atoms with van der Waals surface area (Å²) < 4.78 is 6.35. The highest BCUT2D eigenvalue weighted by Gasteiger charge is 2.21. The van der Waals surface area contributed by atoms with Crippen LogP contribution < -0.4 is 4.90 Å². The van der Waals surface area contributed by atoms with Crippen LogP contribution in [0, 0.1) is 0 Å². The summed E-state index contributed by atoms with van der Waals surface area (Å²) >= 11 is 5.47. The zero-order valence-electron chi connectivity index (χ0n) is 25.6. The van der Waals surface area contributed by atoms with E-state index in [1.54, 1.807) is 11.3 Å². The number of anilines is 3. The van der Waals surface area contributed by atoms with Crippen LogP contribution in [0.2, 0.25) is 0 Å². The molecule has 7 aromatic carbocycles. The SMILES string of the molecule is c1ccc(-c2ccc(N(c3ccc4sc5ccc6sc(-c7ccccc7)nc6c5c4c3)c3cccc4sc5ccccc5c34)cc2)cc1. The van der Waals surface area contributed by atoms with Gasteiger partial charge in [0, 0.05) is 57.3 Å². The summed E-state index contributed by atoms with van der Waals surface area (Å²) in [5.41, 5.74) is 8.11. The zero-order chi connectivity index (χ0) is 31.6. The summed E-state index contributed by atoms with van der Waals surface area (Å²) in [5.74, 6) is 0. The average Bonchev–Trinajstić information content (AvgIpc) is 3.86. The number of hydrogen-bond donors (Lipinski definition) is 0. The fraction of sp³-hybridized carbons (Fsp3) is 0. The van der Waals surface area contributed by atoms with Gasteiger partial charge in [0.2, 0.25) is 0 Å². The molecule has 0 atom stereocenters. The normalized spacial score (nSPS) is 11.8. The molecule has 0 amide bonds. The van der Waals surface area contributed by atoms with E-state index in [0.717, 1.165) is 27.5 Å². The maximum atomic E-state index is 5.24. The summed E-state index contributed by atoms with van der Waals surface area (Å²) in [7, 11) is 0. The van der Waals surface area contributed by atoms with E-state index in [1.807, 2.05) is 22.7 Å². The van der Waals surface area contributed by atoms with Gasteiger partial charge in [-0.05, 0) is 71.8 Å². The molecule has 0 unspecified atom stereocenters. The maximum absolute atomic E-state index is 5.24. The molecule has 0 saturated carbocycles. The first-order valence-corrected chi connectivity index (χ1v) is 18.4. The highest BCUT2D eigenvalue weighted by Crippen LogP contribution is 2.47. The summed E-state index contributed by atoms with van der Waals surface area (Å²) in [6.07, 6.45) is 0. The van der Waals surface area contributed by atoms with Crippen molar-refractivity contribution >= 4 is 102 Å². The van der Waals surface area contributed by atoms with Gasteiger partial charge >= 0.3 is 0 Å². The fourth-order valence-corrected chi connectivity index (χ4v) is 10.1. The van der Waals surface area contributed by atoms with E-state index in [9.17, 15) is 0 Å². The first-order chi connectivity index (χ1) is 23.8. The fourth-order valence-electron chi connectivity index (χ4n) is 6.89. The average molecular weight is 667 g/mol. The van der Waals surface area contributed by atoms with Gasteiger partial charge < -0.3 is 4.90 Å². The lowest BCUT2D eigenvalue weighted by Gasteiger charge is -2.27. The molecule has 0 fully saturated rings. The molecule has 0 aliphatic carbocycles. The first kappa shape index (κ1) is 27.8. The van der Waals surface area contributed by atoms with Crippen LogP contribution in [0.3, 0.4) is 0 Å². The van der Waals surface area contributed by atoms with Crippen molar-refractivity contribution in [3.63, 3.8) is 0 Å². The van der Waals surface area contributed by atoms with Crippen LogP contribution in [-0.2, 0) is 0 Å². The lowest BCUT2D eigenvalue weighted by atomic mass is 10.0. The van der Waals surface area contributed by atoms with E-state index in [-0.39, 0.29) is 0 Å². The lowest BCUT2D eigenvalue weighted by Crippen LogP contribution is -2.10. The lowest BCUT2D eigenvalue weighted by molar-refractivity contribution is 1.31. The van der Waals surface area contributed by atoms with Crippen molar-refractivity contribution in [2.45, 2.75) is 0 Å². The topological polar surface area (TPSA) is 16.1 Å². The van der Waals surface area contributed by atoms with Gasteiger partial charge in [-0.15, -0.1) is 34.0 Å². The smallest absolute Gasteiger partial charge is 0.124 e. The third kappa shape index (κ3) is 4.47. The Balaban J connectivity index is 1.21. The second-order valence-electron chi connectivity index (χ2n) is 11.9. The standard InChI is InChI=1S/C43H26N2S3/c1-3-10-27(11-4-1)28-18-20-30(21-19-28)45(34-15-9-17-37-40(34)32-14-7-8-16-35(32)46-37)31-22-23-36-33(26-31)41-38(47-36)24-25-39-42(41)44-43(48-39)29-12-5-2-6-13-29/h1-26H. The van der Waals surface area contributed by atoms with Crippen LogP contribution in [0.15, 0.2) is 158 Å². The Bertz CT molecular complexity index is 2770. The molecule has 0 aliphatic rings. The Morgan fingerprint density at radius 1 is 0.396 bits per heavy atom. The van der Waals surface area contributed by atoms with Crippen molar-refractivity contribution in [2.24, 2.45) is 0 Å². The van der Waals surface area contributed by atoms with Gasteiger partial charge in [0.1, 0.15) is 5.01 Å². The third-order valence-corrected chi connectivity index (χ3v) is 12.4. The Kier molecular flexibility index (Phi) is 6.44. The van der Waals surface area contributed by atoms with E-state index < -0.39 is 0 Å². The van der Waals surface area contributed by atoms with Crippen molar-refractivity contribution in [3.8, 4) is 21.7 Å². The largest absolute Gasteiger partial charge is 0.310 e. The van der Waals surface area contributed by atoms with Crippen molar-refractivity contribution in [1.29, 1.82) is 0 Å². The highest BCUT2D eigenvalue weighted by atomic mass is 32.1. The molecule has 0 bridgehead atoms. The molecule has 2 nitrogen and oxygen atoms in total. The number of benzene rings is 7. The van der Waals surface area contributed by atoms with Crippen LogP contribution in [0.4, 0.5) is 17.1 Å². The van der Waals surface area contributed by atoms with Crippen LogP contribution in [-0.4, -0.2) is 4.98 Å². The number of thiophene rings is 2. The molecule has 0 aliphatic heterocycles. The Morgan fingerprint density at radius 2 is 1.00 bits per heavy atom. The van der Waals surface area contributed by atoms with E-state index >= 15 is 0 Å². The number of thiazole rings is 1. The van der Waals surface area contributed by atoms with Gasteiger partial charge in [0.05, 0.1) is 15.9 Å². The monoisotopic (exact) mass is 666 g/mol. The summed E-state index contributed by atoms with van der Waals surface area (Å²) in [5, 5.41) is 6.13. The minimum absolute atomic E-state index is 1.06. The quantitative estimate of drug-likeness (QED) is 0.182. The molecule has 0 saturated heterocycles.